The summed E-state index contributed by atoms with van der Waals surface area (Å²) in [6.45, 7) is 1.71. The van der Waals surface area contributed by atoms with Crippen LogP contribution < -0.4 is 10.1 Å². The van der Waals surface area contributed by atoms with Crippen molar-refractivity contribution in [1.82, 2.24) is 5.32 Å². The van der Waals surface area contributed by atoms with Gasteiger partial charge in [0.15, 0.2) is 0 Å². The van der Waals surface area contributed by atoms with Crippen molar-refractivity contribution in [2.45, 2.75) is 6.42 Å². The minimum atomic E-state index is 0.807. The fourth-order valence-electron chi connectivity index (χ4n) is 1.92. The number of hydrogen-bond acceptors (Lipinski definition) is 3. The number of aliphatic imine (C=N–C) groups is 1. The van der Waals surface area contributed by atoms with Crippen LogP contribution >= 0.6 is 0 Å². The van der Waals surface area contributed by atoms with Gasteiger partial charge >= 0.3 is 133 Å². The Labute approximate surface area is 140 Å². The summed E-state index contributed by atoms with van der Waals surface area (Å²) in [5.74, 6) is 0.865. The zero-order chi connectivity index (χ0) is 15.6. The first kappa shape index (κ1) is 16.6. The number of methoxy groups -OCH3 is 1. The van der Waals surface area contributed by atoms with Crippen LogP contribution in [0.5, 0.6) is 5.75 Å². The molecule has 0 spiro atoms. The Kier molecular flexibility index (Phi) is 7.05. The third kappa shape index (κ3) is 5.57. The summed E-state index contributed by atoms with van der Waals surface area (Å²) >= 11 is 3.08. The van der Waals surface area contributed by atoms with Crippen molar-refractivity contribution in [3.05, 3.63) is 65.7 Å². The van der Waals surface area contributed by atoms with Crippen LogP contribution in [0.3, 0.4) is 0 Å². The van der Waals surface area contributed by atoms with E-state index in [9.17, 15) is 0 Å². The topological polar surface area (TPSA) is 33.6 Å². The van der Waals surface area contributed by atoms with Crippen molar-refractivity contribution in [2.24, 2.45) is 4.99 Å². The van der Waals surface area contributed by atoms with E-state index in [4.69, 9.17) is 4.74 Å². The standard InChI is InChI=1S/C18H20N2O.Cr/c1-21-18-10-8-17(9-11-18)15-20-13-5-12-19-14-16-6-3-2-4-7-16;/h2-4,6-11,15,19H,5,12-13H2,1H3;. The molecule has 0 aliphatic carbocycles. The summed E-state index contributed by atoms with van der Waals surface area (Å²) < 4.78 is 6.21. The van der Waals surface area contributed by atoms with Crippen molar-refractivity contribution in [3.8, 4) is 5.75 Å². The van der Waals surface area contributed by atoms with Gasteiger partial charge in [0, 0.05) is 0 Å². The fraction of sp³-hybridized carbons (Fsp3) is 0.222. The maximum atomic E-state index is 5.13. The Morgan fingerprint density at radius 2 is 1.86 bits per heavy atom. The average molecular weight is 332 g/mol. The molecule has 0 aliphatic heterocycles. The van der Waals surface area contributed by atoms with Gasteiger partial charge in [-0.15, -0.1) is 0 Å². The molecule has 2 rings (SSSR count). The Morgan fingerprint density at radius 1 is 1.14 bits per heavy atom. The molecular formula is C18H20CrN2O. The minimum absolute atomic E-state index is 0.807. The first-order chi connectivity index (χ1) is 10.8. The summed E-state index contributed by atoms with van der Waals surface area (Å²) in [4.78, 5) is 4.44. The molecule has 0 aliphatic rings. The van der Waals surface area contributed by atoms with E-state index in [1.165, 1.54) is 5.56 Å². The van der Waals surface area contributed by atoms with E-state index in [0.29, 0.717) is 0 Å². The van der Waals surface area contributed by atoms with Crippen molar-refractivity contribution in [3.63, 3.8) is 0 Å². The molecule has 0 fully saturated rings. The summed E-state index contributed by atoms with van der Waals surface area (Å²) in [5.41, 5.74) is 2.28. The van der Waals surface area contributed by atoms with Crippen LogP contribution in [0.15, 0.2) is 59.6 Å². The first-order valence-electron chi connectivity index (χ1n) is 7.27. The molecule has 0 saturated carbocycles. The second-order valence-corrected chi connectivity index (χ2v) is 5.42. The third-order valence-electron chi connectivity index (χ3n) is 3.14. The van der Waals surface area contributed by atoms with E-state index >= 15 is 0 Å². The first-order valence-corrected chi connectivity index (χ1v) is 7.90. The molecule has 0 atom stereocenters. The van der Waals surface area contributed by atoms with Gasteiger partial charge in [-0.25, -0.2) is 0 Å². The van der Waals surface area contributed by atoms with Crippen LogP contribution in [0, 0.1) is 0 Å². The maximum absolute atomic E-state index is 5.13. The van der Waals surface area contributed by atoms with Gasteiger partial charge in [-0.2, -0.15) is 0 Å². The average Bonchev–Trinajstić information content (AvgIpc) is 2.59. The number of rotatable bonds is 8. The molecule has 2 aromatic carbocycles. The molecule has 114 valence electrons. The number of ether oxygens (including phenoxy) is 1. The molecule has 1 N–H and O–H groups in total. The molecule has 0 unspecified atom stereocenters. The fourth-order valence-corrected chi connectivity index (χ4v) is 2.30. The molecule has 0 aromatic heterocycles. The zero-order valence-corrected chi connectivity index (χ0v) is 13.9. The van der Waals surface area contributed by atoms with E-state index in [2.05, 4.69) is 38.3 Å². The second kappa shape index (κ2) is 9.32. The SMILES string of the molecule is COc1ccc(C=NCCCN[C](=[Cr])c2ccccc2)cc1. The predicted octanol–water partition coefficient (Wildman–Crippen LogP) is 2.82. The third-order valence-corrected chi connectivity index (χ3v) is 3.74. The Bertz CT molecular complexity index is 609. The number of benzene rings is 2. The second-order valence-electron chi connectivity index (χ2n) is 4.78. The van der Waals surface area contributed by atoms with Gasteiger partial charge in [0.05, 0.1) is 7.11 Å². The van der Waals surface area contributed by atoms with Crippen LogP contribution in [-0.4, -0.2) is 30.9 Å². The molecule has 2 aromatic rings. The van der Waals surface area contributed by atoms with Crippen LogP contribution in [0.1, 0.15) is 17.5 Å². The van der Waals surface area contributed by atoms with Gasteiger partial charge in [0.25, 0.3) is 0 Å². The molecule has 0 saturated heterocycles. The van der Waals surface area contributed by atoms with Gasteiger partial charge < -0.3 is 0 Å². The van der Waals surface area contributed by atoms with Crippen LogP contribution in [0.4, 0.5) is 0 Å². The summed E-state index contributed by atoms with van der Waals surface area (Å²) in [7, 11) is 1.67. The van der Waals surface area contributed by atoms with E-state index in [-0.39, 0.29) is 0 Å². The molecule has 3 nitrogen and oxygen atoms in total. The van der Waals surface area contributed by atoms with E-state index in [1.54, 1.807) is 7.11 Å². The predicted molar refractivity (Wildman–Crippen MR) is 88.6 cm³/mol. The number of nitrogens with zero attached hydrogens (tertiary/aromatic N) is 1. The summed E-state index contributed by atoms with van der Waals surface area (Å²) in [6, 6.07) is 18.1. The summed E-state index contributed by atoms with van der Waals surface area (Å²) in [5, 5.41) is 3.38. The summed E-state index contributed by atoms with van der Waals surface area (Å²) in [6.07, 6.45) is 2.89. The van der Waals surface area contributed by atoms with Gasteiger partial charge in [-0.3, -0.25) is 0 Å². The number of nitrogens with one attached hydrogen (secondary N) is 1. The Hall–Kier alpha value is -1.73. The quantitative estimate of drug-likeness (QED) is 0.596. The van der Waals surface area contributed by atoms with E-state index < -0.39 is 0 Å². The molecule has 0 bridgehead atoms. The molecule has 0 amide bonds. The van der Waals surface area contributed by atoms with Crippen molar-refractivity contribution >= 4 is 10.7 Å². The zero-order valence-electron chi connectivity index (χ0n) is 12.7. The Balaban J connectivity index is 1.66. The van der Waals surface area contributed by atoms with Crippen LogP contribution in [0.25, 0.3) is 0 Å². The van der Waals surface area contributed by atoms with Crippen molar-refractivity contribution in [2.75, 3.05) is 20.2 Å². The van der Waals surface area contributed by atoms with Gasteiger partial charge in [0.2, 0.25) is 0 Å². The molecule has 0 radical (unpaired) electrons. The molecule has 22 heavy (non-hydrogen) atoms. The van der Waals surface area contributed by atoms with E-state index in [0.717, 1.165) is 35.3 Å². The van der Waals surface area contributed by atoms with Crippen molar-refractivity contribution in [1.29, 1.82) is 0 Å². The van der Waals surface area contributed by atoms with Crippen molar-refractivity contribution < 1.29 is 20.6 Å². The van der Waals surface area contributed by atoms with Gasteiger partial charge in [0.1, 0.15) is 0 Å². The Morgan fingerprint density at radius 3 is 2.55 bits per heavy atom. The van der Waals surface area contributed by atoms with Crippen LogP contribution in [0.2, 0.25) is 0 Å². The molecule has 0 heterocycles. The van der Waals surface area contributed by atoms with Gasteiger partial charge in [-0.1, -0.05) is 0 Å². The van der Waals surface area contributed by atoms with Gasteiger partial charge in [-0.05, 0) is 0 Å². The monoisotopic (exact) mass is 332 g/mol. The normalized spacial score (nSPS) is 10.8. The van der Waals surface area contributed by atoms with Crippen LogP contribution in [-0.2, 0) is 15.9 Å². The van der Waals surface area contributed by atoms with E-state index in [1.807, 2.05) is 48.7 Å². The molecule has 4 heteroatoms. The molecular weight excluding hydrogens is 312 g/mol. The number of hydrogen-bond donors (Lipinski definition) is 1.